The molecule has 0 unspecified atom stereocenters. The van der Waals surface area contributed by atoms with Gasteiger partial charge >= 0.3 is 0 Å². The van der Waals surface area contributed by atoms with Crippen molar-refractivity contribution in [3.8, 4) is 5.75 Å². The molecule has 0 atom stereocenters. The number of ether oxygens (including phenoxy) is 1. The van der Waals surface area contributed by atoms with Gasteiger partial charge in [-0.05, 0) is 36.8 Å². The van der Waals surface area contributed by atoms with E-state index in [0.29, 0.717) is 0 Å². The molecular weight excluding hydrogens is 266 g/mol. The van der Waals surface area contributed by atoms with Gasteiger partial charge in [0.15, 0.2) is 0 Å². The molecule has 0 N–H and O–H groups in total. The van der Waals surface area contributed by atoms with E-state index in [1.165, 1.54) is 10.5 Å². The molecule has 2 nitrogen and oxygen atoms in total. The number of hydrogen-bond donors (Lipinski definition) is 0. The Hall–Kier alpha value is -2.00. The lowest BCUT2D eigenvalue weighted by Gasteiger charge is -2.15. The molecule has 3 heteroatoms. The first-order valence-electron chi connectivity index (χ1n) is 6.44. The maximum Gasteiger partial charge on any atom is 0.118 e. The van der Waals surface area contributed by atoms with Crippen LogP contribution < -0.4 is 4.74 Å². The average Bonchev–Trinajstić information content (AvgIpc) is 2.48. The lowest BCUT2D eigenvalue weighted by molar-refractivity contribution is 0.415. The largest absolute Gasteiger partial charge is 0.497 e. The second kappa shape index (κ2) is 5.55. The van der Waals surface area contributed by atoms with Crippen LogP contribution in [0.3, 0.4) is 0 Å². The molecule has 0 amide bonds. The second-order valence-corrected chi connectivity index (χ2v) is 5.77. The molecule has 0 spiro atoms. The number of rotatable bonds is 2. The third kappa shape index (κ3) is 2.63. The Bertz CT molecular complexity index is 686. The summed E-state index contributed by atoms with van der Waals surface area (Å²) in [5, 5.41) is 1.07. The van der Waals surface area contributed by atoms with E-state index < -0.39 is 0 Å². The molecule has 100 valence electrons. The number of aliphatic imine (C=N–C) groups is 1. The van der Waals surface area contributed by atoms with Crippen LogP contribution in [-0.4, -0.2) is 12.2 Å². The van der Waals surface area contributed by atoms with Crippen molar-refractivity contribution in [2.24, 2.45) is 4.99 Å². The minimum absolute atomic E-state index is 0.867. The highest BCUT2D eigenvalue weighted by molar-refractivity contribution is 8.14. The number of thioether (sulfide) groups is 1. The van der Waals surface area contributed by atoms with E-state index in [4.69, 9.17) is 4.74 Å². The zero-order valence-corrected chi connectivity index (χ0v) is 12.3. The van der Waals surface area contributed by atoms with Crippen molar-refractivity contribution in [3.63, 3.8) is 0 Å². The molecule has 1 heterocycles. The first-order valence-corrected chi connectivity index (χ1v) is 7.26. The van der Waals surface area contributed by atoms with E-state index in [-0.39, 0.29) is 0 Å². The topological polar surface area (TPSA) is 21.6 Å². The summed E-state index contributed by atoms with van der Waals surface area (Å²) in [6.45, 7) is 2.04. The molecule has 1 aliphatic rings. The van der Waals surface area contributed by atoms with Gasteiger partial charge in [-0.1, -0.05) is 42.1 Å². The molecule has 2 aromatic rings. The number of methoxy groups -OCH3 is 1. The third-order valence-corrected chi connectivity index (χ3v) is 4.08. The molecule has 0 fully saturated rings. The summed E-state index contributed by atoms with van der Waals surface area (Å²) in [5.74, 6) is 0.867. The van der Waals surface area contributed by atoms with Gasteiger partial charge in [-0.2, -0.15) is 0 Å². The standard InChI is InChI=1S/C17H15NOS/c1-12-18-16(15-5-3-4-6-17(15)20-12)11-13-7-9-14(19-2)10-8-13/h3-11H,1-2H3/b16-11-. The van der Waals surface area contributed by atoms with Gasteiger partial charge < -0.3 is 4.74 Å². The molecule has 2 aromatic carbocycles. The number of fused-ring (bicyclic) bond motifs is 1. The van der Waals surface area contributed by atoms with E-state index in [2.05, 4.69) is 35.3 Å². The first-order chi connectivity index (χ1) is 9.76. The normalized spacial score (nSPS) is 15.7. The van der Waals surface area contributed by atoms with Crippen molar-refractivity contribution >= 4 is 28.6 Å². The molecule has 1 aliphatic heterocycles. The second-order valence-electron chi connectivity index (χ2n) is 4.53. The number of hydrogen-bond acceptors (Lipinski definition) is 3. The Kier molecular flexibility index (Phi) is 3.61. The summed E-state index contributed by atoms with van der Waals surface area (Å²) in [4.78, 5) is 5.93. The Morgan fingerprint density at radius 2 is 1.80 bits per heavy atom. The Balaban J connectivity index is 2.02. The summed E-state index contributed by atoms with van der Waals surface area (Å²) in [5.41, 5.74) is 3.33. The monoisotopic (exact) mass is 281 g/mol. The minimum atomic E-state index is 0.867. The highest BCUT2D eigenvalue weighted by Gasteiger charge is 2.14. The smallest absolute Gasteiger partial charge is 0.118 e. The van der Waals surface area contributed by atoms with Gasteiger partial charge in [0.2, 0.25) is 0 Å². The fourth-order valence-corrected chi connectivity index (χ4v) is 3.04. The summed E-state index contributed by atoms with van der Waals surface area (Å²) in [6.07, 6.45) is 2.11. The molecule has 0 saturated carbocycles. The van der Waals surface area contributed by atoms with E-state index >= 15 is 0 Å². The van der Waals surface area contributed by atoms with Crippen LogP contribution in [0, 0.1) is 0 Å². The van der Waals surface area contributed by atoms with Crippen molar-refractivity contribution in [3.05, 3.63) is 59.7 Å². The van der Waals surface area contributed by atoms with Crippen LogP contribution in [0.15, 0.2) is 58.4 Å². The zero-order chi connectivity index (χ0) is 13.9. The fourth-order valence-electron chi connectivity index (χ4n) is 2.15. The Morgan fingerprint density at radius 1 is 1.05 bits per heavy atom. The lowest BCUT2D eigenvalue weighted by Crippen LogP contribution is -1.97. The molecule has 3 rings (SSSR count). The van der Waals surface area contributed by atoms with Crippen LogP contribution in [0.1, 0.15) is 18.1 Å². The molecule has 0 bridgehead atoms. The van der Waals surface area contributed by atoms with Crippen molar-refractivity contribution < 1.29 is 4.74 Å². The number of benzene rings is 2. The molecule has 0 aliphatic carbocycles. The van der Waals surface area contributed by atoms with Crippen molar-refractivity contribution in [2.75, 3.05) is 7.11 Å². The van der Waals surface area contributed by atoms with Crippen LogP contribution in [0.4, 0.5) is 0 Å². The maximum absolute atomic E-state index is 5.18. The van der Waals surface area contributed by atoms with E-state index in [9.17, 15) is 0 Å². The van der Waals surface area contributed by atoms with Crippen LogP contribution in [0.25, 0.3) is 11.8 Å². The van der Waals surface area contributed by atoms with E-state index in [1.54, 1.807) is 18.9 Å². The fraction of sp³-hybridized carbons (Fsp3) is 0.118. The average molecular weight is 281 g/mol. The summed E-state index contributed by atoms with van der Waals surface area (Å²) >= 11 is 1.72. The summed E-state index contributed by atoms with van der Waals surface area (Å²) < 4.78 is 5.18. The minimum Gasteiger partial charge on any atom is -0.497 e. The van der Waals surface area contributed by atoms with Gasteiger partial charge in [-0.3, -0.25) is 0 Å². The molecular formula is C17H15NOS. The van der Waals surface area contributed by atoms with E-state index in [1.807, 2.05) is 31.2 Å². The van der Waals surface area contributed by atoms with Crippen LogP contribution in [-0.2, 0) is 0 Å². The predicted octanol–water partition coefficient (Wildman–Crippen LogP) is 4.72. The highest BCUT2D eigenvalue weighted by Crippen LogP contribution is 2.36. The molecule has 0 saturated heterocycles. The van der Waals surface area contributed by atoms with E-state index in [0.717, 1.165) is 22.1 Å². The van der Waals surface area contributed by atoms with Crippen LogP contribution in [0.5, 0.6) is 5.75 Å². The Labute approximate surface area is 123 Å². The van der Waals surface area contributed by atoms with Crippen LogP contribution >= 0.6 is 11.8 Å². The third-order valence-electron chi connectivity index (χ3n) is 3.12. The summed E-state index contributed by atoms with van der Waals surface area (Å²) in [6, 6.07) is 16.4. The predicted molar refractivity (Wildman–Crippen MR) is 86.3 cm³/mol. The number of nitrogens with zero attached hydrogens (tertiary/aromatic N) is 1. The highest BCUT2D eigenvalue weighted by atomic mass is 32.2. The summed E-state index contributed by atoms with van der Waals surface area (Å²) in [7, 11) is 1.68. The Morgan fingerprint density at radius 3 is 2.55 bits per heavy atom. The maximum atomic E-state index is 5.18. The van der Waals surface area contributed by atoms with Gasteiger partial charge in [0.25, 0.3) is 0 Å². The van der Waals surface area contributed by atoms with Gasteiger partial charge in [0, 0.05) is 10.5 Å². The van der Waals surface area contributed by atoms with Crippen LogP contribution in [0.2, 0.25) is 0 Å². The lowest BCUT2D eigenvalue weighted by atomic mass is 10.1. The van der Waals surface area contributed by atoms with Gasteiger partial charge in [0.05, 0.1) is 17.9 Å². The van der Waals surface area contributed by atoms with Crippen molar-refractivity contribution in [1.82, 2.24) is 0 Å². The first kappa shape index (κ1) is 13.0. The molecule has 0 radical (unpaired) electrons. The van der Waals surface area contributed by atoms with Gasteiger partial charge in [-0.25, -0.2) is 4.99 Å². The zero-order valence-electron chi connectivity index (χ0n) is 11.5. The molecule has 0 aromatic heterocycles. The SMILES string of the molecule is COc1ccc(/C=C2\N=C(C)Sc3ccccc32)cc1. The molecule has 20 heavy (non-hydrogen) atoms. The van der Waals surface area contributed by atoms with Crippen molar-refractivity contribution in [2.45, 2.75) is 11.8 Å². The quantitative estimate of drug-likeness (QED) is 0.794. The van der Waals surface area contributed by atoms with Gasteiger partial charge in [-0.15, -0.1) is 0 Å². The van der Waals surface area contributed by atoms with Crippen molar-refractivity contribution in [1.29, 1.82) is 0 Å². The van der Waals surface area contributed by atoms with Gasteiger partial charge in [0.1, 0.15) is 5.75 Å².